The molecular formula is C22H19BrN2O3S. The van der Waals surface area contributed by atoms with Gasteiger partial charge in [0.05, 0.1) is 30.9 Å². The van der Waals surface area contributed by atoms with E-state index in [1.54, 1.807) is 25.6 Å². The van der Waals surface area contributed by atoms with E-state index in [-0.39, 0.29) is 12.3 Å². The van der Waals surface area contributed by atoms with Gasteiger partial charge in [0.2, 0.25) is 6.23 Å². The van der Waals surface area contributed by atoms with Gasteiger partial charge in [0.25, 0.3) is 0 Å². The van der Waals surface area contributed by atoms with Crippen molar-refractivity contribution >= 4 is 33.0 Å². The molecule has 7 heteroatoms. The molecule has 1 aromatic heterocycles. The number of hydrogen-bond acceptors (Lipinski definition) is 6. The van der Waals surface area contributed by atoms with E-state index in [1.807, 2.05) is 30.3 Å². The van der Waals surface area contributed by atoms with E-state index < -0.39 is 0 Å². The van der Waals surface area contributed by atoms with Crippen LogP contribution in [0.15, 0.2) is 63.5 Å². The second-order valence-electron chi connectivity index (χ2n) is 6.89. The highest BCUT2D eigenvalue weighted by molar-refractivity contribution is 9.10. The zero-order chi connectivity index (χ0) is 20.0. The largest absolute Gasteiger partial charge is 0.493 e. The summed E-state index contributed by atoms with van der Waals surface area (Å²) in [5.41, 5.74) is 3.20. The van der Waals surface area contributed by atoms with Gasteiger partial charge in [0.15, 0.2) is 11.5 Å². The molecular weight excluding hydrogens is 452 g/mol. The molecule has 2 aromatic carbocycles. The van der Waals surface area contributed by atoms with Crippen LogP contribution in [0.4, 0.5) is 0 Å². The third-order valence-corrected chi connectivity index (χ3v) is 6.66. The average Bonchev–Trinajstić information content (AvgIpc) is 3.42. The van der Waals surface area contributed by atoms with Crippen LogP contribution in [0.3, 0.4) is 0 Å². The summed E-state index contributed by atoms with van der Waals surface area (Å²) in [6.07, 6.45) is 0.503. The molecule has 0 fully saturated rings. The highest BCUT2D eigenvalue weighted by Crippen LogP contribution is 2.49. The van der Waals surface area contributed by atoms with Gasteiger partial charge in [-0.1, -0.05) is 22.0 Å². The first-order chi connectivity index (χ1) is 14.2. The summed E-state index contributed by atoms with van der Waals surface area (Å²) in [6.45, 7) is 0. The maximum absolute atomic E-state index is 6.43. The summed E-state index contributed by atoms with van der Waals surface area (Å²) in [5, 5.41) is 9.14. The normalized spacial score (nSPS) is 19.8. The first kappa shape index (κ1) is 18.5. The third kappa shape index (κ3) is 3.18. The maximum atomic E-state index is 6.43. The van der Waals surface area contributed by atoms with E-state index >= 15 is 0 Å². The van der Waals surface area contributed by atoms with Gasteiger partial charge in [-0.2, -0.15) is 5.10 Å². The molecule has 0 bridgehead atoms. The second kappa shape index (κ2) is 7.39. The first-order valence-electron chi connectivity index (χ1n) is 9.25. The molecule has 29 heavy (non-hydrogen) atoms. The highest BCUT2D eigenvalue weighted by atomic mass is 79.9. The number of fused-ring (bicyclic) bond motifs is 3. The molecule has 5 nitrogen and oxygen atoms in total. The molecule has 0 saturated carbocycles. The molecule has 0 amide bonds. The Bertz CT molecular complexity index is 1080. The van der Waals surface area contributed by atoms with E-state index in [9.17, 15) is 0 Å². The van der Waals surface area contributed by atoms with E-state index in [0.717, 1.165) is 33.5 Å². The van der Waals surface area contributed by atoms with Crippen LogP contribution in [-0.2, 0) is 0 Å². The number of nitrogens with zero attached hydrogens (tertiary/aromatic N) is 2. The maximum Gasteiger partial charge on any atom is 0.214 e. The minimum Gasteiger partial charge on any atom is -0.493 e. The molecule has 0 N–H and O–H groups in total. The average molecular weight is 471 g/mol. The van der Waals surface area contributed by atoms with Crippen molar-refractivity contribution in [2.24, 2.45) is 5.10 Å². The van der Waals surface area contributed by atoms with E-state index in [4.69, 9.17) is 19.3 Å². The number of halogens is 1. The molecule has 0 radical (unpaired) electrons. The van der Waals surface area contributed by atoms with Crippen molar-refractivity contribution in [3.63, 3.8) is 0 Å². The van der Waals surface area contributed by atoms with Gasteiger partial charge >= 0.3 is 0 Å². The van der Waals surface area contributed by atoms with E-state index in [1.165, 1.54) is 4.88 Å². The van der Waals surface area contributed by atoms with Gasteiger partial charge in [0.1, 0.15) is 5.75 Å². The second-order valence-corrected chi connectivity index (χ2v) is 8.75. The standard InChI is InChI=1S/C22H19BrN2O3S/c1-26-19-7-5-13(10-20(19)27-2)22-25-17(12-16(24-25)21-4-3-9-29-21)15-11-14(23)6-8-18(15)28-22/h3-11,17,22H,12H2,1-2H3. The fourth-order valence-electron chi connectivity index (χ4n) is 3.88. The van der Waals surface area contributed by atoms with E-state index in [2.05, 4.69) is 44.5 Å². The zero-order valence-corrected chi connectivity index (χ0v) is 18.4. The minimum atomic E-state index is -0.342. The van der Waals surface area contributed by atoms with Crippen molar-refractivity contribution in [2.75, 3.05) is 14.2 Å². The quantitative estimate of drug-likeness (QED) is 0.485. The fraction of sp³-hybridized carbons (Fsp3) is 0.227. The molecule has 0 aliphatic carbocycles. The molecule has 3 heterocycles. The number of hydrazone groups is 1. The summed E-state index contributed by atoms with van der Waals surface area (Å²) >= 11 is 5.31. The molecule has 2 aliphatic rings. The number of ether oxygens (including phenoxy) is 3. The molecule has 2 aliphatic heterocycles. The Kier molecular flexibility index (Phi) is 4.72. The number of hydrogen-bond donors (Lipinski definition) is 0. The fourth-order valence-corrected chi connectivity index (χ4v) is 4.98. The predicted molar refractivity (Wildman–Crippen MR) is 117 cm³/mol. The summed E-state index contributed by atoms with van der Waals surface area (Å²) < 4.78 is 18.4. The summed E-state index contributed by atoms with van der Waals surface area (Å²) in [7, 11) is 3.28. The van der Waals surface area contributed by atoms with Crippen LogP contribution in [0.2, 0.25) is 0 Å². The van der Waals surface area contributed by atoms with Crippen LogP contribution in [0.5, 0.6) is 17.2 Å². The first-order valence-corrected chi connectivity index (χ1v) is 10.9. The van der Waals surface area contributed by atoms with Crippen LogP contribution in [0.1, 0.15) is 34.7 Å². The van der Waals surface area contributed by atoms with Crippen molar-refractivity contribution in [1.29, 1.82) is 0 Å². The number of benzene rings is 2. The number of thiophene rings is 1. The number of methoxy groups -OCH3 is 2. The van der Waals surface area contributed by atoms with Gasteiger partial charge in [0, 0.05) is 22.0 Å². The number of rotatable bonds is 4. The summed E-state index contributed by atoms with van der Waals surface area (Å²) in [4.78, 5) is 1.20. The van der Waals surface area contributed by atoms with E-state index in [0.29, 0.717) is 11.5 Å². The molecule has 0 spiro atoms. The Morgan fingerprint density at radius 1 is 1.10 bits per heavy atom. The van der Waals surface area contributed by atoms with Gasteiger partial charge < -0.3 is 14.2 Å². The third-order valence-electron chi connectivity index (χ3n) is 5.25. The molecule has 5 rings (SSSR count). The summed E-state index contributed by atoms with van der Waals surface area (Å²) in [6, 6.07) is 16.3. The van der Waals surface area contributed by atoms with Crippen LogP contribution in [0, 0.1) is 0 Å². The zero-order valence-electron chi connectivity index (χ0n) is 16.0. The lowest BCUT2D eigenvalue weighted by molar-refractivity contribution is -0.0192. The Hall–Kier alpha value is -2.51. The topological polar surface area (TPSA) is 43.3 Å². The molecule has 148 valence electrons. The molecule has 2 atom stereocenters. The lowest BCUT2D eigenvalue weighted by atomic mass is 9.97. The molecule has 0 saturated heterocycles. The van der Waals surface area contributed by atoms with Gasteiger partial charge in [-0.15, -0.1) is 11.3 Å². The summed E-state index contributed by atoms with van der Waals surface area (Å²) in [5.74, 6) is 2.25. The van der Waals surface area contributed by atoms with Gasteiger partial charge in [-0.3, -0.25) is 0 Å². The monoisotopic (exact) mass is 470 g/mol. The highest BCUT2D eigenvalue weighted by Gasteiger charge is 2.41. The molecule has 2 unspecified atom stereocenters. The lowest BCUT2D eigenvalue weighted by Crippen LogP contribution is -2.33. The Balaban J connectivity index is 1.60. The minimum absolute atomic E-state index is 0.117. The Labute approximate surface area is 181 Å². The van der Waals surface area contributed by atoms with Crippen LogP contribution >= 0.6 is 27.3 Å². The Morgan fingerprint density at radius 3 is 2.72 bits per heavy atom. The van der Waals surface area contributed by atoms with Crippen LogP contribution in [0.25, 0.3) is 0 Å². The van der Waals surface area contributed by atoms with Crippen molar-refractivity contribution in [2.45, 2.75) is 18.7 Å². The predicted octanol–water partition coefficient (Wildman–Crippen LogP) is 5.77. The SMILES string of the molecule is COc1ccc(C2Oc3ccc(Br)cc3C3CC(c4cccs4)=NN32)cc1OC. The van der Waals surface area contributed by atoms with Crippen LogP contribution in [-0.4, -0.2) is 24.9 Å². The van der Waals surface area contributed by atoms with Crippen molar-refractivity contribution < 1.29 is 14.2 Å². The molecule has 3 aromatic rings. The Morgan fingerprint density at radius 2 is 1.97 bits per heavy atom. The van der Waals surface area contributed by atoms with Crippen molar-refractivity contribution in [3.8, 4) is 17.2 Å². The van der Waals surface area contributed by atoms with Crippen LogP contribution < -0.4 is 14.2 Å². The van der Waals surface area contributed by atoms with Crippen molar-refractivity contribution in [1.82, 2.24) is 5.01 Å². The lowest BCUT2D eigenvalue weighted by Gasteiger charge is -2.38. The van der Waals surface area contributed by atoms with Crippen molar-refractivity contribution in [3.05, 3.63) is 74.4 Å². The smallest absolute Gasteiger partial charge is 0.214 e. The van der Waals surface area contributed by atoms with Gasteiger partial charge in [-0.25, -0.2) is 5.01 Å². The van der Waals surface area contributed by atoms with Gasteiger partial charge in [-0.05, 0) is 47.8 Å².